The van der Waals surface area contributed by atoms with Crippen LogP contribution in [0.15, 0.2) is 42.5 Å². The van der Waals surface area contributed by atoms with Gasteiger partial charge in [0.2, 0.25) is 5.91 Å². The van der Waals surface area contributed by atoms with E-state index in [1.165, 1.54) is 12.1 Å². The van der Waals surface area contributed by atoms with Gasteiger partial charge in [-0.05, 0) is 42.3 Å². The molecular formula is C18H14F2N2O3. The van der Waals surface area contributed by atoms with E-state index in [2.05, 4.69) is 5.32 Å². The summed E-state index contributed by atoms with van der Waals surface area (Å²) in [7, 11) is 0. The largest absolute Gasteiger partial charge is 0.354 e. The van der Waals surface area contributed by atoms with Gasteiger partial charge in [0, 0.05) is 6.54 Å². The molecule has 128 valence electrons. The number of carbonyl (C=O) groups excluding carboxylic acids is 3. The Hall–Kier alpha value is -3.09. The van der Waals surface area contributed by atoms with E-state index in [4.69, 9.17) is 0 Å². The van der Waals surface area contributed by atoms with Crippen LogP contribution in [-0.2, 0) is 11.2 Å². The number of carbonyl (C=O) groups is 3. The molecule has 25 heavy (non-hydrogen) atoms. The van der Waals surface area contributed by atoms with Gasteiger partial charge < -0.3 is 5.32 Å². The van der Waals surface area contributed by atoms with Crippen LogP contribution in [0.4, 0.5) is 8.78 Å². The number of hydrogen-bond acceptors (Lipinski definition) is 3. The highest BCUT2D eigenvalue weighted by Gasteiger charge is 2.36. The minimum Gasteiger partial charge on any atom is -0.354 e. The van der Waals surface area contributed by atoms with E-state index < -0.39 is 35.9 Å². The second-order valence-electron chi connectivity index (χ2n) is 5.58. The highest BCUT2D eigenvalue weighted by atomic mass is 19.1. The van der Waals surface area contributed by atoms with Crippen molar-refractivity contribution >= 4 is 17.7 Å². The van der Waals surface area contributed by atoms with Crippen LogP contribution in [0.1, 0.15) is 26.3 Å². The summed E-state index contributed by atoms with van der Waals surface area (Å²) in [4.78, 5) is 37.1. The Labute approximate surface area is 142 Å². The molecule has 0 bridgehead atoms. The summed E-state index contributed by atoms with van der Waals surface area (Å²) in [5.41, 5.74) is 0.672. The van der Waals surface area contributed by atoms with E-state index >= 15 is 0 Å². The average molecular weight is 344 g/mol. The fourth-order valence-corrected chi connectivity index (χ4v) is 2.65. The quantitative estimate of drug-likeness (QED) is 0.843. The van der Waals surface area contributed by atoms with Crippen LogP contribution in [-0.4, -0.2) is 35.7 Å². The van der Waals surface area contributed by atoms with E-state index in [-0.39, 0.29) is 29.7 Å². The molecule has 2 aromatic rings. The second kappa shape index (κ2) is 6.80. The molecule has 3 rings (SSSR count). The molecule has 0 fully saturated rings. The van der Waals surface area contributed by atoms with E-state index in [1.54, 1.807) is 12.1 Å². The lowest BCUT2D eigenvalue weighted by molar-refractivity contribution is -0.121. The first-order valence-electron chi connectivity index (χ1n) is 7.63. The minimum absolute atomic E-state index is 0.0579. The summed E-state index contributed by atoms with van der Waals surface area (Å²) in [6, 6.07) is 9.43. The lowest BCUT2D eigenvalue weighted by atomic mass is 10.1. The Bertz CT molecular complexity index is 832. The lowest BCUT2D eigenvalue weighted by Crippen LogP contribution is -2.40. The molecular weight excluding hydrogens is 330 g/mol. The number of nitrogens with zero attached hydrogens (tertiary/aromatic N) is 1. The maximum absolute atomic E-state index is 13.5. The standard InChI is InChI=1S/C18H14F2N2O3/c19-12-5-6-15(20)11(9-12)7-8-21-16(23)10-22-17(24)13-3-1-2-4-14(13)18(22)25/h1-6,9H,7-8,10H2,(H,21,23). The maximum atomic E-state index is 13.5. The number of fused-ring (bicyclic) bond motifs is 1. The Kier molecular flexibility index (Phi) is 4.56. The Morgan fingerprint density at radius 3 is 2.28 bits per heavy atom. The Morgan fingerprint density at radius 2 is 1.64 bits per heavy atom. The molecule has 0 radical (unpaired) electrons. The number of benzene rings is 2. The first kappa shape index (κ1) is 16.8. The SMILES string of the molecule is O=C(CN1C(=O)c2ccccc2C1=O)NCCc1cc(F)ccc1F. The topological polar surface area (TPSA) is 66.5 Å². The smallest absolute Gasteiger partial charge is 0.262 e. The minimum atomic E-state index is -0.561. The molecule has 1 heterocycles. The van der Waals surface area contributed by atoms with E-state index in [0.29, 0.717) is 0 Å². The van der Waals surface area contributed by atoms with Crippen LogP contribution >= 0.6 is 0 Å². The van der Waals surface area contributed by atoms with Gasteiger partial charge in [-0.1, -0.05) is 12.1 Å². The zero-order valence-corrected chi connectivity index (χ0v) is 13.1. The van der Waals surface area contributed by atoms with Gasteiger partial charge >= 0.3 is 0 Å². The Balaban J connectivity index is 1.56. The molecule has 3 amide bonds. The molecule has 0 aromatic heterocycles. The predicted molar refractivity (Wildman–Crippen MR) is 84.9 cm³/mol. The molecule has 7 heteroatoms. The highest BCUT2D eigenvalue weighted by Crippen LogP contribution is 2.21. The van der Waals surface area contributed by atoms with Gasteiger partial charge in [0.05, 0.1) is 11.1 Å². The summed E-state index contributed by atoms with van der Waals surface area (Å²) >= 11 is 0. The van der Waals surface area contributed by atoms with Crippen molar-refractivity contribution in [1.82, 2.24) is 10.2 Å². The summed E-state index contributed by atoms with van der Waals surface area (Å²) < 4.78 is 26.6. The molecule has 5 nitrogen and oxygen atoms in total. The lowest BCUT2D eigenvalue weighted by Gasteiger charge is -2.13. The number of halogens is 2. The van der Waals surface area contributed by atoms with Crippen molar-refractivity contribution in [2.75, 3.05) is 13.1 Å². The monoisotopic (exact) mass is 344 g/mol. The first-order valence-corrected chi connectivity index (χ1v) is 7.63. The van der Waals surface area contributed by atoms with Crippen molar-refractivity contribution in [3.63, 3.8) is 0 Å². The van der Waals surface area contributed by atoms with Gasteiger partial charge in [-0.15, -0.1) is 0 Å². The maximum Gasteiger partial charge on any atom is 0.262 e. The first-order chi connectivity index (χ1) is 12.0. The molecule has 2 aromatic carbocycles. The summed E-state index contributed by atoms with van der Waals surface area (Å²) in [6.07, 6.45) is 0.0947. The van der Waals surface area contributed by atoms with Crippen molar-refractivity contribution < 1.29 is 23.2 Å². The van der Waals surface area contributed by atoms with E-state index in [1.807, 2.05) is 0 Å². The van der Waals surface area contributed by atoms with Crippen LogP contribution in [0.3, 0.4) is 0 Å². The number of imide groups is 1. The predicted octanol–water partition coefficient (Wildman–Crippen LogP) is 1.92. The van der Waals surface area contributed by atoms with Crippen molar-refractivity contribution in [3.8, 4) is 0 Å². The van der Waals surface area contributed by atoms with Gasteiger partial charge in [0.1, 0.15) is 18.2 Å². The number of hydrogen-bond donors (Lipinski definition) is 1. The molecule has 1 N–H and O–H groups in total. The fourth-order valence-electron chi connectivity index (χ4n) is 2.65. The summed E-state index contributed by atoms with van der Waals surface area (Å²) in [6.45, 7) is -0.361. The third-order valence-corrected chi connectivity index (χ3v) is 3.90. The molecule has 0 saturated heterocycles. The number of nitrogens with one attached hydrogen (secondary N) is 1. The second-order valence-corrected chi connectivity index (χ2v) is 5.58. The van der Waals surface area contributed by atoms with Crippen LogP contribution in [0, 0.1) is 11.6 Å². The summed E-state index contributed by atoms with van der Waals surface area (Å²) in [5, 5.41) is 2.50. The van der Waals surface area contributed by atoms with Gasteiger partial charge in [-0.3, -0.25) is 19.3 Å². The summed E-state index contributed by atoms with van der Waals surface area (Å²) in [5.74, 6) is -2.71. The average Bonchev–Trinajstić information content (AvgIpc) is 2.83. The van der Waals surface area contributed by atoms with Gasteiger partial charge in [-0.25, -0.2) is 8.78 Å². The zero-order valence-electron chi connectivity index (χ0n) is 13.1. The molecule has 0 unspecified atom stereocenters. The third-order valence-electron chi connectivity index (χ3n) is 3.90. The van der Waals surface area contributed by atoms with E-state index in [0.717, 1.165) is 23.1 Å². The Morgan fingerprint density at radius 1 is 1.00 bits per heavy atom. The van der Waals surface area contributed by atoms with Crippen LogP contribution < -0.4 is 5.32 Å². The van der Waals surface area contributed by atoms with Gasteiger partial charge in [0.25, 0.3) is 11.8 Å². The van der Waals surface area contributed by atoms with Crippen LogP contribution in [0.25, 0.3) is 0 Å². The normalized spacial score (nSPS) is 13.1. The van der Waals surface area contributed by atoms with Crippen molar-refractivity contribution in [2.24, 2.45) is 0 Å². The van der Waals surface area contributed by atoms with Gasteiger partial charge in [0.15, 0.2) is 0 Å². The molecule has 0 saturated carbocycles. The highest BCUT2D eigenvalue weighted by molar-refractivity contribution is 6.22. The molecule has 1 aliphatic rings. The molecule has 0 atom stereocenters. The molecule has 1 aliphatic heterocycles. The molecule has 0 aliphatic carbocycles. The van der Waals surface area contributed by atoms with Crippen LogP contribution in [0.2, 0.25) is 0 Å². The number of rotatable bonds is 5. The van der Waals surface area contributed by atoms with Crippen LogP contribution in [0.5, 0.6) is 0 Å². The van der Waals surface area contributed by atoms with Crippen molar-refractivity contribution in [2.45, 2.75) is 6.42 Å². The molecule has 0 spiro atoms. The van der Waals surface area contributed by atoms with Gasteiger partial charge in [-0.2, -0.15) is 0 Å². The van der Waals surface area contributed by atoms with Crippen molar-refractivity contribution in [1.29, 1.82) is 0 Å². The zero-order chi connectivity index (χ0) is 18.0. The van der Waals surface area contributed by atoms with Crippen molar-refractivity contribution in [3.05, 3.63) is 70.8 Å². The fraction of sp³-hybridized carbons (Fsp3) is 0.167. The number of amides is 3. The third kappa shape index (κ3) is 3.40. The van der Waals surface area contributed by atoms with E-state index in [9.17, 15) is 23.2 Å².